The zero-order valence-electron chi connectivity index (χ0n) is 16.2. The minimum Gasteiger partial charge on any atom is -0.308 e. The summed E-state index contributed by atoms with van der Waals surface area (Å²) in [5.41, 5.74) is 4.10. The van der Waals surface area contributed by atoms with Gasteiger partial charge >= 0.3 is 0 Å². The van der Waals surface area contributed by atoms with Crippen LogP contribution < -0.4 is 0 Å². The van der Waals surface area contributed by atoms with Gasteiger partial charge in [0.2, 0.25) is 0 Å². The number of hydrogen-bond donors (Lipinski definition) is 1. The van der Waals surface area contributed by atoms with Gasteiger partial charge in [-0.15, -0.1) is 0 Å². The van der Waals surface area contributed by atoms with Crippen LogP contribution >= 0.6 is 0 Å². The summed E-state index contributed by atoms with van der Waals surface area (Å²) >= 11 is 0. The molecule has 0 aliphatic rings. The summed E-state index contributed by atoms with van der Waals surface area (Å²) in [6.45, 7) is 4.55. The van der Waals surface area contributed by atoms with Gasteiger partial charge in [0.25, 0.3) is 0 Å². The van der Waals surface area contributed by atoms with E-state index >= 15 is 0 Å². The van der Waals surface area contributed by atoms with Gasteiger partial charge in [0, 0.05) is 6.21 Å². The minimum absolute atomic E-state index is 1.15. The molecule has 1 heteroatoms. The molecule has 0 heterocycles. The maximum Gasteiger partial charge on any atom is 0.0253 e. The Balaban J connectivity index is 2.44. The van der Waals surface area contributed by atoms with Crippen molar-refractivity contribution in [2.24, 2.45) is 0 Å². The first-order chi connectivity index (χ1) is 11.8. The van der Waals surface area contributed by atoms with Crippen LogP contribution in [0.3, 0.4) is 0 Å². The quantitative estimate of drug-likeness (QED) is 0.254. The lowest BCUT2D eigenvalue weighted by molar-refractivity contribution is 0.599. The molecule has 0 bridgehead atoms. The molecule has 0 aromatic heterocycles. The van der Waals surface area contributed by atoms with Crippen molar-refractivity contribution in [1.82, 2.24) is 0 Å². The van der Waals surface area contributed by atoms with Crippen molar-refractivity contribution < 1.29 is 0 Å². The van der Waals surface area contributed by atoms with Crippen LogP contribution in [0, 0.1) is 5.41 Å². The molecule has 0 fully saturated rings. The third-order valence-corrected chi connectivity index (χ3v) is 5.04. The standard InChI is InChI=1S/C23H39N/c1-3-5-7-9-11-13-16-21-17-15-18-22(20-24)23(21)19-14-12-10-8-6-4-2/h15,17-18,20,24H,3-14,16,19H2,1-2H3. The number of unbranched alkanes of at least 4 members (excludes halogenated alkanes) is 10. The Kier molecular flexibility index (Phi) is 12.4. The van der Waals surface area contributed by atoms with Gasteiger partial charge in [-0.05, 0) is 42.4 Å². The SMILES string of the molecule is CCCCCCCCc1cccc(C=N)c1CCCCCCCC. The summed E-state index contributed by atoms with van der Waals surface area (Å²) in [5.74, 6) is 0. The van der Waals surface area contributed by atoms with Gasteiger partial charge in [-0.1, -0.05) is 96.3 Å². The largest absolute Gasteiger partial charge is 0.308 e. The molecule has 0 unspecified atom stereocenters. The monoisotopic (exact) mass is 329 g/mol. The van der Waals surface area contributed by atoms with E-state index in [0.717, 1.165) is 12.0 Å². The first-order valence-corrected chi connectivity index (χ1v) is 10.4. The van der Waals surface area contributed by atoms with E-state index in [9.17, 15) is 0 Å². The molecule has 1 aromatic rings. The fourth-order valence-electron chi connectivity index (χ4n) is 3.51. The normalized spacial score (nSPS) is 10.9. The van der Waals surface area contributed by atoms with Gasteiger partial charge < -0.3 is 5.41 Å². The Morgan fingerprint density at radius 2 is 1.25 bits per heavy atom. The average Bonchev–Trinajstić information content (AvgIpc) is 2.61. The second-order valence-corrected chi connectivity index (χ2v) is 7.16. The maximum atomic E-state index is 7.72. The Hall–Kier alpha value is -1.11. The highest BCUT2D eigenvalue weighted by Gasteiger charge is 2.07. The zero-order valence-corrected chi connectivity index (χ0v) is 16.2. The number of rotatable bonds is 15. The average molecular weight is 330 g/mol. The molecule has 1 nitrogen and oxygen atoms in total. The predicted molar refractivity (Wildman–Crippen MR) is 108 cm³/mol. The van der Waals surface area contributed by atoms with Crippen molar-refractivity contribution in [1.29, 1.82) is 5.41 Å². The lowest BCUT2D eigenvalue weighted by Gasteiger charge is -2.13. The van der Waals surface area contributed by atoms with E-state index in [2.05, 4.69) is 32.0 Å². The number of aryl methyl sites for hydroxylation is 1. The first-order valence-electron chi connectivity index (χ1n) is 10.4. The van der Waals surface area contributed by atoms with E-state index in [4.69, 9.17) is 5.41 Å². The maximum absolute atomic E-state index is 7.72. The van der Waals surface area contributed by atoms with Crippen LogP contribution in [-0.4, -0.2) is 6.21 Å². The molecule has 0 aliphatic carbocycles. The van der Waals surface area contributed by atoms with Crippen molar-refractivity contribution in [3.05, 3.63) is 34.9 Å². The molecule has 0 aliphatic heterocycles. The molecule has 0 amide bonds. The van der Waals surface area contributed by atoms with E-state index in [1.54, 1.807) is 6.21 Å². The van der Waals surface area contributed by atoms with Gasteiger partial charge in [-0.25, -0.2) is 0 Å². The van der Waals surface area contributed by atoms with Crippen molar-refractivity contribution in [2.75, 3.05) is 0 Å². The molecule has 0 saturated heterocycles. The molecule has 24 heavy (non-hydrogen) atoms. The second-order valence-electron chi connectivity index (χ2n) is 7.16. The van der Waals surface area contributed by atoms with Crippen LogP contribution in [0.25, 0.3) is 0 Å². The lowest BCUT2D eigenvalue weighted by atomic mass is 9.92. The van der Waals surface area contributed by atoms with Gasteiger partial charge in [-0.2, -0.15) is 0 Å². The van der Waals surface area contributed by atoms with Crippen LogP contribution in [-0.2, 0) is 12.8 Å². The van der Waals surface area contributed by atoms with E-state index in [1.807, 2.05) is 0 Å². The predicted octanol–water partition coefficient (Wildman–Crippen LogP) is 7.49. The number of benzene rings is 1. The van der Waals surface area contributed by atoms with Crippen LogP contribution in [0.2, 0.25) is 0 Å². The van der Waals surface area contributed by atoms with Crippen molar-refractivity contribution in [3.8, 4) is 0 Å². The molecule has 0 saturated carbocycles. The Bertz CT molecular complexity index is 436. The van der Waals surface area contributed by atoms with Gasteiger partial charge in [-0.3, -0.25) is 0 Å². The van der Waals surface area contributed by atoms with Crippen molar-refractivity contribution in [3.63, 3.8) is 0 Å². The van der Waals surface area contributed by atoms with Crippen molar-refractivity contribution >= 4 is 6.21 Å². The van der Waals surface area contributed by atoms with Crippen molar-refractivity contribution in [2.45, 2.75) is 104 Å². The van der Waals surface area contributed by atoms with Crippen LogP contribution in [0.15, 0.2) is 18.2 Å². The summed E-state index contributed by atoms with van der Waals surface area (Å²) in [5, 5.41) is 7.72. The molecule has 1 rings (SSSR count). The molecule has 0 spiro atoms. The topological polar surface area (TPSA) is 23.9 Å². The molecular weight excluding hydrogens is 290 g/mol. The highest BCUT2D eigenvalue weighted by atomic mass is 14.3. The molecule has 0 radical (unpaired) electrons. The molecule has 1 N–H and O–H groups in total. The number of nitrogens with one attached hydrogen (secondary N) is 1. The third kappa shape index (κ3) is 8.66. The number of hydrogen-bond acceptors (Lipinski definition) is 1. The molecule has 1 aromatic carbocycles. The fourth-order valence-corrected chi connectivity index (χ4v) is 3.51. The van der Waals surface area contributed by atoms with Crippen LogP contribution in [0.4, 0.5) is 0 Å². The van der Waals surface area contributed by atoms with Crippen LogP contribution in [0.5, 0.6) is 0 Å². The summed E-state index contributed by atoms with van der Waals surface area (Å²) in [4.78, 5) is 0. The van der Waals surface area contributed by atoms with Crippen LogP contribution in [0.1, 0.15) is 108 Å². The molecular formula is C23H39N. The van der Waals surface area contributed by atoms with Gasteiger partial charge in [0.05, 0.1) is 0 Å². The van der Waals surface area contributed by atoms with Gasteiger partial charge in [0.1, 0.15) is 0 Å². The smallest absolute Gasteiger partial charge is 0.0253 e. The van der Waals surface area contributed by atoms with Gasteiger partial charge in [0.15, 0.2) is 0 Å². The minimum atomic E-state index is 1.15. The van der Waals surface area contributed by atoms with E-state index in [0.29, 0.717) is 0 Å². The third-order valence-electron chi connectivity index (χ3n) is 5.04. The summed E-state index contributed by atoms with van der Waals surface area (Å²) < 4.78 is 0. The lowest BCUT2D eigenvalue weighted by Crippen LogP contribution is -2.01. The summed E-state index contributed by atoms with van der Waals surface area (Å²) in [7, 11) is 0. The van der Waals surface area contributed by atoms with E-state index in [1.165, 1.54) is 94.6 Å². The fraction of sp³-hybridized carbons (Fsp3) is 0.696. The molecule has 136 valence electrons. The Labute approximate surface area is 150 Å². The Morgan fingerprint density at radius 1 is 0.708 bits per heavy atom. The molecule has 0 atom stereocenters. The van der Waals surface area contributed by atoms with E-state index < -0.39 is 0 Å². The van der Waals surface area contributed by atoms with E-state index in [-0.39, 0.29) is 0 Å². The first kappa shape index (κ1) is 20.9. The Morgan fingerprint density at radius 3 is 1.83 bits per heavy atom. The second kappa shape index (κ2) is 14.3. The zero-order chi connectivity index (χ0) is 17.5. The summed E-state index contributed by atoms with van der Waals surface area (Å²) in [6.07, 6.45) is 20.1. The highest BCUT2D eigenvalue weighted by molar-refractivity contribution is 5.79. The highest BCUT2D eigenvalue weighted by Crippen LogP contribution is 2.20. The summed E-state index contributed by atoms with van der Waals surface area (Å²) in [6, 6.07) is 6.55.